The average molecular weight is 567 g/mol. The lowest BCUT2D eigenvalue weighted by molar-refractivity contribution is -0.274. The largest absolute Gasteiger partial charge is 0.573 e. The lowest BCUT2D eigenvalue weighted by Crippen LogP contribution is -2.34. The molecule has 1 fully saturated rings. The van der Waals surface area contributed by atoms with Crippen LogP contribution in [-0.2, 0) is 0 Å². The van der Waals surface area contributed by atoms with Gasteiger partial charge in [-0.15, -0.1) is 18.3 Å². The van der Waals surface area contributed by atoms with Crippen LogP contribution in [0.4, 0.5) is 24.5 Å². The first-order valence-corrected chi connectivity index (χ1v) is 13.6. The monoisotopic (exact) mass is 566 g/mol. The number of alkyl halides is 3. The number of ether oxygens (including phenoxy) is 1. The molecule has 208 valence electrons. The van der Waals surface area contributed by atoms with Crippen molar-refractivity contribution in [1.82, 2.24) is 0 Å². The van der Waals surface area contributed by atoms with E-state index in [0.717, 1.165) is 29.4 Å². The van der Waals surface area contributed by atoms with Crippen molar-refractivity contribution < 1.29 is 17.9 Å². The molecule has 4 rings (SSSR count). The van der Waals surface area contributed by atoms with E-state index in [1.807, 2.05) is 24.3 Å². The first-order valence-electron chi connectivity index (χ1n) is 12.6. The molecule has 0 bridgehead atoms. The van der Waals surface area contributed by atoms with Gasteiger partial charge in [0.1, 0.15) is 17.9 Å². The summed E-state index contributed by atoms with van der Waals surface area (Å²) in [5.41, 5.74) is 10.5. The highest BCUT2D eigenvalue weighted by atomic mass is 32.2. The molecule has 1 saturated heterocycles. The third kappa shape index (κ3) is 8.19. The zero-order valence-electron chi connectivity index (χ0n) is 22.0. The summed E-state index contributed by atoms with van der Waals surface area (Å²) in [5, 5.41) is 9.76. The molecule has 1 aliphatic heterocycles. The highest BCUT2D eigenvalue weighted by Crippen LogP contribution is 2.32. The Morgan fingerprint density at radius 1 is 1.02 bits per heavy atom. The van der Waals surface area contributed by atoms with Crippen molar-refractivity contribution in [3.05, 3.63) is 89.5 Å². The van der Waals surface area contributed by atoms with E-state index in [2.05, 4.69) is 67.9 Å². The Morgan fingerprint density at radius 2 is 1.75 bits per heavy atom. The van der Waals surface area contributed by atoms with Crippen molar-refractivity contribution >= 4 is 46.7 Å². The summed E-state index contributed by atoms with van der Waals surface area (Å²) in [6, 6.07) is 20.9. The number of hydrogen-bond donors (Lipinski definition) is 1. The smallest absolute Gasteiger partial charge is 0.406 e. The Bertz CT molecular complexity index is 1400. The standard InChI is InChI=1S/C29H29F3N6OS/c1-20(2)25-6-3-4-7-26(25)38-16-5-17-40-28(38)37-36-18-21-8-10-22(11-9-21)27(33)35-19-34-23-12-14-24(15-13-23)39-29(30,31)32/h3-4,6-15,18-20H,5,16-17H2,1-2H3,(H2,33,34,35)/b36-18+,37-28-. The van der Waals surface area contributed by atoms with Crippen LogP contribution in [0.15, 0.2) is 93.0 Å². The second-order valence-corrected chi connectivity index (χ2v) is 10.2. The van der Waals surface area contributed by atoms with E-state index in [0.29, 0.717) is 17.2 Å². The van der Waals surface area contributed by atoms with Crippen molar-refractivity contribution in [2.75, 3.05) is 17.2 Å². The van der Waals surface area contributed by atoms with Gasteiger partial charge < -0.3 is 15.4 Å². The molecule has 0 radical (unpaired) electrons. The Balaban J connectivity index is 1.39. The van der Waals surface area contributed by atoms with E-state index < -0.39 is 6.36 Å². The summed E-state index contributed by atoms with van der Waals surface area (Å²) in [6.45, 7) is 5.29. The fourth-order valence-corrected chi connectivity index (χ4v) is 4.84. The lowest BCUT2D eigenvalue weighted by Gasteiger charge is -2.31. The first kappa shape index (κ1) is 28.9. The van der Waals surface area contributed by atoms with Crippen LogP contribution in [0.5, 0.6) is 5.75 Å². The van der Waals surface area contributed by atoms with E-state index >= 15 is 0 Å². The van der Waals surface area contributed by atoms with E-state index in [-0.39, 0.29) is 11.6 Å². The molecule has 0 atom stereocenters. The maximum atomic E-state index is 12.3. The minimum Gasteiger partial charge on any atom is -0.406 e. The molecule has 1 aliphatic rings. The molecule has 3 aromatic carbocycles. The topological polar surface area (TPSA) is 87.9 Å². The predicted octanol–water partition coefficient (Wildman–Crippen LogP) is 7.11. The maximum absolute atomic E-state index is 12.3. The third-order valence-electron chi connectivity index (χ3n) is 5.87. The zero-order chi connectivity index (χ0) is 28.5. The van der Waals surface area contributed by atoms with E-state index in [4.69, 9.17) is 5.73 Å². The normalized spacial score (nSPS) is 16.0. The predicted molar refractivity (Wildman–Crippen MR) is 158 cm³/mol. The maximum Gasteiger partial charge on any atom is 0.573 e. The van der Waals surface area contributed by atoms with Gasteiger partial charge in [-0.1, -0.05) is 68.1 Å². The van der Waals surface area contributed by atoms with Gasteiger partial charge in [-0.05, 0) is 53.8 Å². The van der Waals surface area contributed by atoms with E-state index in [1.54, 1.807) is 18.0 Å². The van der Waals surface area contributed by atoms with Gasteiger partial charge >= 0.3 is 6.36 Å². The van der Waals surface area contributed by atoms with Crippen LogP contribution in [0.2, 0.25) is 0 Å². The van der Waals surface area contributed by atoms with Crippen molar-refractivity contribution in [2.45, 2.75) is 32.5 Å². The summed E-state index contributed by atoms with van der Waals surface area (Å²) >= 11 is 1.70. The minimum absolute atomic E-state index is 0.238. The van der Waals surface area contributed by atoms with Gasteiger partial charge in [-0.25, -0.2) is 9.98 Å². The molecule has 0 spiro atoms. The highest BCUT2D eigenvalue weighted by molar-refractivity contribution is 8.14. The number of hydrogen-bond acceptors (Lipinski definition) is 5. The van der Waals surface area contributed by atoms with Crippen LogP contribution >= 0.6 is 11.8 Å². The first-order chi connectivity index (χ1) is 19.2. The molecule has 0 aliphatic carbocycles. The molecule has 0 amide bonds. The average Bonchev–Trinajstić information content (AvgIpc) is 2.94. The number of para-hydroxylation sites is 1. The van der Waals surface area contributed by atoms with Crippen molar-refractivity contribution in [1.29, 1.82) is 0 Å². The van der Waals surface area contributed by atoms with Gasteiger partial charge in [-0.3, -0.25) is 0 Å². The molecular formula is C29H29F3N6OS. The molecule has 0 aromatic heterocycles. The molecular weight excluding hydrogens is 537 g/mol. The van der Waals surface area contributed by atoms with Crippen LogP contribution in [-0.4, -0.2) is 42.2 Å². The molecule has 0 unspecified atom stereocenters. The summed E-state index contributed by atoms with van der Waals surface area (Å²) in [4.78, 5) is 10.4. The van der Waals surface area contributed by atoms with Crippen LogP contribution in [0.1, 0.15) is 42.9 Å². The molecule has 7 nitrogen and oxygen atoms in total. The van der Waals surface area contributed by atoms with Crippen molar-refractivity contribution in [3.63, 3.8) is 0 Å². The number of nitrogens with zero attached hydrogens (tertiary/aromatic N) is 5. The molecule has 11 heteroatoms. The van der Waals surface area contributed by atoms with Crippen molar-refractivity contribution in [2.24, 2.45) is 25.9 Å². The number of benzene rings is 3. The van der Waals surface area contributed by atoms with Crippen LogP contribution < -0.4 is 15.4 Å². The van der Waals surface area contributed by atoms with Gasteiger partial charge in [0.05, 0.1) is 11.9 Å². The van der Waals surface area contributed by atoms with Crippen molar-refractivity contribution in [3.8, 4) is 5.75 Å². The number of aliphatic imine (C=N–C) groups is 2. The van der Waals surface area contributed by atoms with Crippen LogP contribution in [0, 0.1) is 0 Å². The minimum atomic E-state index is -4.74. The van der Waals surface area contributed by atoms with Gasteiger partial charge in [0, 0.05) is 23.5 Å². The summed E-state index contributed by atoms with van der Waals surface area (Å²) in [7, 11) is 0. The SMILES string of the molecule is CC(C)c1ccccc1N1CCCS/C1=N\N=C\c1ccc(C(N)=NC=Nc2ccc(OC(F)(F)F)cc2)cc1. The number of halogens is 3. The summed E-state index contributed by atoms with van der Waals surface area (Å²) in [5.74, 6) is 1.32. The molecule has 40 heavy (non-hydrogen) atoms. The number of nitrogens with two attached hydrogens (primary N) is 1. The lowest BCUT2D eigenvalue weighted by atomic mass is 10.0. The molecule has 0 saturated carbocycles. The van der Waals surface area contributed by atoms with Gasteiger partial charge in [0.25, 0.3) is 0 Å². The number of rotatable bonds is 8. The molecule has 2 N–H and O–H groups in total. The summed E-state index contributed by atoms with van der Waals surface area (Å²) < 4.78 is 40.6. The molecule has 1 heterocycles. The fraction of sp³-hybridized carbons (Fsp3) is 0.241. The zero-order valence-corrected chi connectivity index (χ0v) is 22.9. The Morgan fingerprint density at radius 3 is 2.45 bits per heavy atom. The fourth-order valence-electron chi connectivity index (χ4n) is 3.94. The number of amidine groups is 2. The van der Waals surface area contributed by atoms with E-state index in [9.17, 15) is 13.2 Å². The summed E-state index contributed by atoms with van der Waals surface area (Å²) in [6.07, 6.45) is -0.725. The van der Waals surface area contributed by atoms with E-state index in [1.165, 1.54) is 41.9 Å². The van der Waals surface area contributed by atoms with Crippen LogP contribution in [0.25, 0.3) is 0 Å². The van der Waals surface area contributed by atoms with Gasteiger partial charge in [0.15, 0.2) is 5.17 Å². The Kier molecular flexibility index (Phi) is 9.60. The number of anilines is 1. The number of thioether (sulfide) groups is 1. The van der Waals surface area contributed by atoms with Crippen LogP contribution in [0.3, 0.4) is 0 Å². The quantitative estimate of drug-likeness (QED) is 0.179. The second-order valence-electron chi connectivity index (χ2n) is 9.12. The highest BCUT2D eigenvalue weighted by Gasteiger charge is 2.31. The molecule has 3 aromatic rings. The Labute approximate surface area is 235 Å². The second kappa shape index (κ2) is 13.3. The Hall–Kier alpha value is -4.12. The van der Waals surface area contributed by atoms with Gasteiger partial charge in [0.2, 0.25) is 0 Å². The third-order valence-corrected chi connectivity index (χ3v) is 6.92. The van der Waals surface area contributed by atoms with Gasteiger partial charge in [-0.2, -0.15) is 5.10 Å².